The first-order chi connectivity index (χ1) is 6.71. The van der Waals surface area contributed by atoms with E-state index in [1.165, 1.54) is 0 Å². The highest BCUT2D eigenvalue weighted by molar-refractivity contribution is 5.85. The number of carboxylic acid groups (broad SMARTS) is 1. The van der Waals surface area contributed by atoms with E-state index in [-0.39, 0.29) is 0 Å². The topological polar surface area (TPSA) is 50.2 Å². The monoisotopic (exact) mass is 191 g/mol. The van der Waals surface area contributed by atoms with Crippen LogP contribution in [0.25, 0.3) is 0 Å². The summed E-state index contributed by atoms with van der Waals surface area (Å²) in [6.45, 7) is 2.04. The Morgan fingerprint density at radius 1 is 1.64 bits per heavy atom. The van der Waals surface area contributed by atoms with Crippen molar-refractivity contribution in [2.75, 3.05) is 0 Å². The fraction of sp³-hybridized carbons (Fsp3) is 0.455. The van der Waals surface area contributed by atoms with Crippen LogP contribution in [-0.4, -0.2) is 16.1 Å². The van der Waals surface area contributed by atoms with Crippen molar-refractivity contribution >= 4 is 5.97 Å². The minimum atomic E-state index is -0.699. The quantitative estimate of drug-likeness (QED) is 0.793. The summed E-state index contributed by atoms with van der Waals surface area (Å²) in [5.41, 5.74) is 0.282. The van der Waals surface area contributed by atoms with Crippen LogP contribution in [0.1, 0.15) is 25.3 Å². The van der Waals surface area contributed by atoms with Gasteiger partial charge in [0.1, 0.15) is 0 Å². The lowest BCUT2D eigenvalue weighted by Gasteiger charge is -2.11. The van der Waals surface area contributed by atoms with Gasteiger partial charge in [0.15, 0.2) is 0 Å². The molecule has 0 bridgehead atoms. The van der Waals surface area contributed by atoms with Crippen LogP contribution >= 0.6 is 0 Å². The summed E-state index contributed by atoms with van der Waals surface area (Å²) in [5, 5.41) is 9.24. The number of aliphatic carboxylic acids is 1. The number of carbonyl (C=O) groups is 1. The van der Waals surface area contributed by atoms with Gasteiger partial charge in [-0.15, -0.1) is 0 Å². The SMILES string of the molecule is CCC1CC1(C(=O)O)c1ccncc1. The molecule has 1 fully saturated rings. The highest BCUT2D eigenvalue weighted by Crippen LogP contribution is 2.56. The standard InChI is InChI=1S/C11H13NO2/c1-2-8-7-11(8,10(13)14)9-3-5-12-6-4-9/h3-6,8H,2,7H2,1H3,(H,13,14). The third-order valence-corrected chi connectivity index (χ3v) is 3.18. The molecule has 3 heteroatoms. The van der Waals surface area contributed by atoms with E-state index in [2.05, 4.69) is 4.98 Å². The first-order valence-corrected chi connectivity index (χ1v) is 4.85. The van der Waals surface area contributed by atoms with Crippen molar-refractivity contribution in [3.05, 3.63) is 30.1 Å². The molecule has 2 rings (SSSR count). The van der Waals surface area contributed by atoms with E-state index in [4.69, 9.17) is 0 Å². The summed E-state index contributed by atoms with van der Waals surface area (Å²) in [7, 11) is 0. The summed E-state index contributed by atoms with van der Waals surface area (Å²) < 4.78 is 0. The molecule has 0 amide bonds. The lowest BCUT2D eigenvalue weighted by molar-refractivity contribution is -0.140. The maximum Gasteiger partial charge on any atom is 0.314 e. The van der Waals surface area contributed by atoms with Crippen molar-refractivity contribution in [3.63, 3.8) is 0 Å². The molecule has 1 aromatic heterocycles. The Bertz CT molecular complexity index is 350. The van der Waals surface area contributed by atoms with E-state index in [0.29, 0.717) is 5.92 Å². The van der Waals surface area contributed by atoms with Crippen LogP contribution in [0.2, 0.25) is 0 Å². The molecule has 1 aromatic rings. The number of nitrogens with zero attached hydrogens (tertiary/aromatic N) is 1. The average Bonchev–Trinajstić information content (AvgIpc) is 2.94. The fourth-order valence-corrected chi connectivity index (χ4v) is 2.21. The van der Waals surface area contributed by atoms with Gasteiger partial charge in [0.25, 0.3) is 0 Å². The van der Waals surface area contributed by atoms with Crippen LogP contribution in [0.4, 0.5) is 0 Å². The largest absolute Gasteiger partial charge is 0.481 e. The normalized spacial score (nSPS) is 29.9. The molecule has 1 N–H and O–H groups in total. The van der Waals surface area contributed by atoms with Crippen molar-refractivity contribution < 1.29 is 9.90 Å². The fourth-order valence-electron chi connectivity index (χ4n) is 2.21. The molecule has 1 aliphatic carbocycles. The van der Waals surface area contributed by atoms with Crippen LogP contribution in [0.15, 0.2) is 24.5 Å². The van der Waals surface area contributed by atoms with E-state index in [9.17, 15) is 9.90 Å². The number of aromatic nitrogens is 1. The molecule has 74 valence electrons. The Morgan fingerprint density at radius 3 is 2.71 bits per heavy atom. The lowest BCUT2D eigenvalue weighted by atomic mass is 9.93. The van der Waals surface area contributed by atoms with Crippen molar-refractivity contribution in [1.82, 2.24) is 4.98 Å². The minimum absolute atomic E-state index is 0.294. The van der Waals surface area contributed by atoms with Crippen molar-refractivity contribution in [1.29, 1.82) is 0 Å². The summed E-state index contributed by atoms with van der Waals surface area (Å²) in [6.07, 6.45) is 5.01. The molecular weight excluding hydrogens is 178 g/mol. The molecule has 0 radical (unpaired) electrons. The molecule has 3 nitrogen and oxygen atoms in total. The van der Waals surface area contributed by atoms with Gasteiger partial charge in [0, 0.05) is 12.4 Å². The highest BCUT2D eigenvalue weighted by Gasteiger charge is 2.60. The predicted molar refractivity (Wildman–Crippen MR) is 51.9 cm³/mol. The first-order valence-electron chi connectivity index (χ1n) is 4.85. The van der Waals surface area contributed by atoms with Crippen LogP contribution < -0.4 is 0 Å². The predicted octanol–water partition coefficient (Wildman–Crippen LogP) is 1.83. The van der Waals surface area contributed by atoms with Crippen LogP contribution in [-0.2, 0) is 10.2 Å². The molecule has 0 spiro atoms. The number of pyridine rings is 1. The van der Waals surface area contributed by atoms with E-state index >= 15 is 0 Å². The van der Waals surface area contributed by atoms with E-state index in [1.807, 2.05) is 19.1 Å². The molecular formula is C11H13NO2. The van der Waals surface area contributed by atoms with E-state index < -0.39 is 11.4 Å². The van der Waals surface area contributed by atoms with Crippen molar-refractivity contribution in [3.8, 4) is 0 Å². The Labute approximate surface area is 82.8 Å². The second kappa shape index (κ2) is 3.08. The highest BCUT2D eigenvalue weighted by atomic mass is 16.4. The molecule has 14 heavy (non-hydrogen) atoms. The zero-order valence-corrected chi connectivity index (χ0v) is 8.10. The van der Waals surface area contributed by atoms with Gasteiger partial charge in [-0.05, 0) is 30.0 Å². The van der Waals surface area contributed by atoms with Gasteiger partial charge in [-0.2, -0.15) is 0 Å². The van der Waals surface area contributed by atoms with Crippen molar-refractivity contribution in [2.45, 2.75) is 25.2 Å². The Kier molecular flexibility index (Phi) is 2.02. The number of hydrogen-bond donors (Lipinski definition) is 1. The Morgan fingerprint density at radius 2 is 2.29 bits per heavy atom. The lowest BCUT2D eigenvalue weighted by Crippen LogP contribution is -2.22. The van der Waals surface area contributed by atoms with Gasteiger partial charge in [-0.3, -0.25) is 9.78 Å². The Balaban J connectivity index is 2.36. The molecule has 1 aliphatic rings. The number of carboxylic acids is 1. The van der Waals surface area contributed by atoms with Crippen LogP contribution in [0, 0.1) is 5.92 Å². The van der Waals surface area contributed by atoms with E-state index in [1.54, 1.807) is 12.4 Å². The average molecular weight is 191 g/mol. The molecule has 0 saturated heterocycles. The van der Waals surface area contributed by atoms with Crippen molar-refractivity contribution in [2.24, 2.45) is 5.92 Å². The zero-order chi connectivity index (χ0) is 10.2. The number of hydrogen-bond acceptors (Lipinski definition) is 2. The molecule has 2 atom stereocenters. The smallest absolute Gasteiger partial charge is 0.314 e. The molecule has 0 aromatic carbocycles. The van der Waals surface area contributed by atoms with Crippen LogP contribution in [0.3, 0.4) is 0 Å². The van der Waals surface area contributed by atoms with Gasteiger partial charge in [0.05, 0.1) is 5.41 Å². The van der Waals surface area contributed by atoms with Gasteiger partial charge in [-0.1, -0.05) is 13.3 Å². The maximum absolute atomic E-state index is 11.2. The Hall–Kier alpha value is -1.38. The third kappa shape index (κ3) is 1.12. The minimum Gasteiger partial charge on any atom is -0.481 e. The molecule has 0 aliphatic heterocycles. The molecule has 1 saturated carbocycles. The van der Waals surface area contributed by atoms with Gasteiger partial charge in [-0.25, -0.2) is 0 Å². The van der Waals surface area contributed by atoms with E-state index in [0.717, 1.165) is 18.4 Å². The second-order valence-electron chi connectivity index (χ2n) is 3.82. The van der Waals surface area contributed by atoms with Gasteiger partial charge < -0.3 is 5.11 Å². The van der Waals surface area contributed by atoms with Gasteiger partial charge >= 0.3 is 5.97 Å². The summed E-state index contributed by atoms with van der Waals surface area (Å²) in [4.78, 5) is 15.1. The van der Waals surface area contributed by atoms with Crippen LogP contribution in [0.5, 0.6) is 0 Å². The van der Waals surface area contributed by atoms with Gasteiger partial charge in [0.2, 0.25) is 0 Å². The zero-order valence-electron chi connectivity index (χ0n) is 8.10. The molecule has 1 heterocycles. The summed E-state index contributed by atoms with van der Waals surface area (Å²) >= 11 is 0. The number of rotatable bonds is 3. The summed E-state index contributed by atoms with van der Waals surface area (Å²) in [6, 6.07) is 3.62. The second-order valence-corrected chi connectivity index (χ2v) is 3.82. The third-order valence-electron chi connectivity index (χ3n) is 3.18. The summed E-state index contributed by atoms with van der Waals surface area (Å²) in [5.74, 6) is -0.405. The first kappa shape index (κ1) is 9.19. The maximum atomic E-state index is 11.2. The molecule has 2 unspecified atom stereocenters.